The molecule has 0 spiro atoms. The Labute approximate surface area is 137 Å². The average molecular weight is 335 g/mol. The zero-order valence-corrected chi connectivity index (χ0v) is 13.0. The van der Waals surface area contributed by atoms with Crippen molar-refractivity contribution in [1.29, 1.82) is 0 Å². The third-order valence-electron chi connectivity index (χ3n) is 1.76. The molecule has 2 rings (SSSR count). The maximum Gasteiger partial charge on any atom is 1.00 e. The molecule has 0 unspecified atom stereocenters. The van der Waals surface area contributed by atoms with Gasteiger partial charge < -0.3 is 15.5 Å². The molecule has 0 bridgehead atoms. The van der Waals surface area contributed by atoms with Crippen molar-refractivity contribution in [2.24, 2.45) is 0 Å². The van der Waals surface area contributed by atoms with Gasteiger partial charge in [-0.1, -0.05) is 0 Å². The molecule has 7 nitrogen and oxygen atoms in total. The van der Waals surface area contributed by atoms with Gasteiger partial charge >= 0.3 is 26.0 Å². The zero-order chi connectivity index (χ0) is 13.5. The molecule has 0 saturated heterocycles. The Morgan fingerprint density at radius 3 is 1.75 bits per heavy atom. The van der Waals surface area contributed by atoms with Crippen LogP contribution in [0.1, 0.15) is 11.4 Å². The predicted octanol–water partition coefficient (Wildman–Crippen LogP) is -3.16. The third kappa shape index (κ3) is 8.37. The Balaban J connectivity index is 0. The molecule has 3 N–H and O–H groups in total. The topological polar surface area (TPSA) is 122 Å². The summed E-state index contributed by atoms with van der Waals surface area (Å²) in [5.41, 5.74) is 1.78. The van der Waals surface area contributed by atoms with Crippen LogP contribution < -0.4 is 24.5 Å². The smallest absolute Gasteiger partial charge is 0.870 e. The molecule has 0 amide bonds. The van der Waals surface area contributed by atoms with Gasteiger partial charge in [0.25, 0.3) is 0 Å². The van der Waals surface area contributed by atoms with Crippen molar-refractivity contribution in [3.8, 4) is 0 Å². The largest absolute Gasteiger partial charge is 1.00 e. The van der Waals surface area contributed by atoms with Gasteiger partial charge in [0.05, 0.1) is 23.2 Å². The predicted molar refractivity (Wildman–Crippen MR) is 73.0 cm³/mol. The van der Waals surface area contributed by atoms with Gasteiger partial charge in [-0.05, 0) is 29.8 Å². The molecule has 20 heavy (non-hydrogen) atoms. The number of nitrogens with zero attached hydrogens (tertiary/aromatic N) is 4. The van der Waals surface area contributed by atoms with Gasteiger partial charge in [-0.2, -0.15) is 0 Å². The van der Waals surface area contributed by atoms with E-state index in [0.717, 1.165) is 10.3 Å². The fourth-order valence-corrected chi connectivity index (χ4v) is 1.44. The van der Waals surface area contributed by atoms with Gasteiger partial charge in [0.2, 0.25) is 0 Å². The number of rotatable bonds is 1. The van der Waals surface area contributed by atoms with E-state index in [4.69, 9.17) is 10.0 Å². The first-order chi connectivity index (χ1) is 8.49. The van der Waals surface area contributed by atoms with E-state index >= 15 is 0 Å². The maximum atomic E-state index is 8.60. The van der Waals surface area contributed by atoms with Crippen molar-refractivity contribution in [3.63, 3.8) is 0 Å². The second kappa shape index (κ2) is 10.9. The summed E-state index contributed by atoms with van der Waals surface area (Å²) in [5.74, 6) is 0. The Kier molecular flexibility index (Phi) is 11.7. The molecular weight excluding hydrogens is 322 g/mol. The van der Waals surface area contributed by atoms with Crippen LogP contribution >= 0.6 is 15.9 Å². The van der Waals surface area contributed by atoms with E-state index in [1.165, 1.54) is 6.20 Å². The molecule has 2 aromatic heterocycles. The Morgan fingerprint density at radius 1 is 0.950 bits per heavy atom. The van der Waals surface area contributed by atoms with Crippen LogP contribution in [0.2, 0.25) is 0 Å². The first-order valence-electron chi connectivity index (χ1n) is 5.08. The Bertz CT molecular complexity index is 504. The van der Waals surface area contributed by atoms with Crippen LogP contribution in [0.5, 0.6) is 0 Å². The summed E-state index contributed by atoms with van der Waals surface area (Å²) in [5, 5.41) is 17.2. The van der Waals surface area contributed by atoms with Crippen molar-refractivity contribution in [1.82, 2.24) is 19.9 Å². The summed E-state index contributed by atoms with van der Waals surface area (Å²) in [6.07, 6.45) is 6.24. The molecule has 0 aliphatic heterocycles. The molecule has 0 saturated carbocycles. The zero-order valence-electron chi connectivity index (χ0n) is 11.4. The van der Waals surface area contributed by atoms with E-state index in [9.17, 15) is 0 Å². The van der Waals surface area contributed by atoms with Gasteiger partial charge in [-0.3, -0.25) is 15.0 Å². The quantitative estimate of drug-likeness (QED) is 0.528. The van der Waals surface area contributed by atoms with Gasteiger partial charge in [0.1, 0.15) is 4.60 Å². The molecular formula is C10H13BBrLiN4O3. The summed E-state index contributed by atoms with van der Waals surface area (Å²) in [7, 11) is -1.52. The van der Waals surface area contributed by atoms with Crippen molar-refractivity contribution < 1.29 is 34.4 Å². The van der Waals surface area contributed by atoms with Gasteiger partial charge in [0, 0.05) is 18.6 Å². The standard InChI is InChI=1S/C5H7BN2O2.C5H5BrN2.Li.H2O/c1-4-2-7-3-5(8-4)6(9)10;1-4-2-7-3-5(6)8-4;;/h2-3,9-10H,1H3;2-3H,1H3;;1H2/q;;+1;/p-1. The summed E-state index contributed by atoms with van der Waals surface area (Å²) >= 11 is 3.19. The number of halogens is 1. The number of hydrogen-bond donors (Lipinski definition) is 2. The minimum atomic E-state index is -1.52. The summed E-state index contributed by atoms with van der Waals surface area (Å²) in [6, 6.07) is 0. The van der Waals surface area contributed by atoms with Crippen LogP contribution in [0.15, 0.2) is 29.4 Å². The van der Waals surface area contributed by atoms with E-state index in [0.29, 0.717) is 5.69 Å². The van der Waals surface area contributed by atoms with Crippen molar-refractivity contribution in [2.45, 2.75) is 13.8 Å². The van der Waals surface area contributed by atoms with Crippen LogP contribution in [0, 0.1) is 13.8 Å². The maximum absolute atomic E-state index is 8.60. The second-order valence-electron chi connectivity index (χ2n) is 3.44. The Morgan fingerprint density at radius 2 is 1.45 bits per heavy atom. The van der Waals surface area contributed by atoms with Crippen LogP contribution in [-0.4, -0.2) is 42.6 Å². The third-order valence-corrected chi connectivity index (χ3v) is 2.15. The average Bonchev–Trinajstić information content (AvgIpc) is 2.29. The molecule has 0 aliphatic carbocycles. The van der Waals surface area contributed by atoms with E-state index in [1.54, 1.807) is 25.5 Å². The molecule has 10 heteroatoms. The SMILES string of the molecule is Cc1cncc(B(O)O)n1.Cc1cncc(Br)n1.[Li+].[OH-]. The molecule has 2 heterocycles. The van der Waals surface area contributed by atoms with Crippen LogP contribution in [-0.2, 0) is 0 Å². The minimum absolute atomic E-state index is 0. The van der Waals surface area contributed by atoms with Crippen molar-refractivity contribution in [2.75, 3.05) is 0 Å². The Hall–Kier alpha value is -0.818. The summed E-state index contributed by atoms with van der Waals surface area (Å²) in [6.45, 7) is 3.64. The van der Waals surface area contributed by atoms with E-state index in [1.807, 2.05) is 6.92 Å². The molecule has 0 aromatic carbocycles. The number of hydrogen-bond acceptors (Lipinski definition) is 7. The fourth-order valence-electron chi connectivity index (χ4n) is 1.04. The molecule has 2 aromatic rings. The second-order valence-corrected chi connectivity index (χ2v) is 4.25. The first-order valence-corrected chi connectivity index (χ1v) is 5.87. The van der Waals surface area contributed by atoms with E-state index < -0.39 is 7.12 Å². The van der Waals surface area contributed by atoms with E-state index in [2.05, 4.69) is 35.9 Å². The van der Waals surface area contributed by atoms with Crippen LogP contribution in [0.3, 0.4) is 0 Å². The van der Waals surface area contributed by atoms with Gasteiger partial charge in [0.15, 0.2) is 0 Å². The molecule has 0 aliphatic rings. The number of aryl methyl sites for hydroxylation is 2. The molecule has 102 valence electrons. The van der Waals surface area contributed by atoms with Crippen molar-refractivity contribution in [3.05, 3.63) is 40.8 Å². The van der Waals surface area contributed by atoms with Crippen LogP contribution in [0.4, 0.5) is 0 Å². The molecule has 0 atom stereocenters. The molecule has 0 fully saturated rings. The van der Waals surface area contributed by atoms with E-state index in [-0.39, 0.29) is 29.9 Å². The van der Waals surface area contributed by atoms with Crippen molar-refractivity contribution >= 4 is 28.6 Å². The first kappa shape index (κ1) is 21.5. The normalized spacial score (nSPS) is 8.45. The van der Waals surface area contributed by atoms with Crippen LogP contribution in [0.25, 0.3) is 0 Å². The summed E-state index contributed by atoms with van der Waals surface area (Å²) < 4.78 is 0.789. The number of aromatic nitrogens is 4. The fraction of sp³-hybridized carbons (Fsp3) is 0.200. The van der Waals surface area contributed by atoms with Gasteiger partial charge in [-0.25, -0.2) is 4.98 Å². The minimum Gasteiger partial charge on any atom is -0.870 e. The summed E-state index contributed by atoms with van der Waals surface area (Å²) in [4.78, 5) is 15.4. The van der Waals surface area contributed by atoms with Gasteiger partial charge in [-0.15, -0.1) is 0 Å². The molecule has 0 radical (unpaired) electrons. The monoisotopic (exact) mass is 334 g/mol.